The molecule has 0 fully saturated rings. The zero-order valence-corrected chi connectivity index (χ0v) is 34.4. The van der Waals surface area contributed by atoms with Crippen molar-refractivity contribution in [3.8, 4) is 57.4 Å². The van der Waals surface area contributed by atoms with E-state index in [2.05, 4.69) is 171 Å². The zero-order valence-electron chi connectivity index (χ0n) is 34.4. The first-order chi connectivity index (χ1) is 32.3. The van der Waals surface area contributed by atoms with Gasteiger partial charge in [-0.25, -0.2) is 4.98 Å². The van der Waals surface area contributed by atoms with Crippen molar-refractivity contribution in [3.63, 3.8) is 0 Å². The average Bonchev–Trinajstić information content (AvgIpc) is 4.01. The molecular formula is C55H30B2N4O4. The third kappa shape index (κ3) is 4.26. The summed E-state index contributed by atoms with van der Waals surface area (Å²) >= 11 is 0. The maximum atomic E-state index is 7.06. The minimum Gasteiger partial charge on any atom is -0.458 e. The summed E-state index contributed by atoms with van der Waals surface area (Å²) in [5.74, 6) is 7.33. The van der Waals surface area contributed by atoms with Crippen LogP contribution in [0.2, 0.25) is 0 Å². The van der Waals surface area contributed by atoms with Gasteiger partial charge in [0.25, 0.3) is 13.4 Å². The molecule has 65 heavy (non-hydrogen) atoms. The van der Waals surface area contributed by atoms with Crippen molar-refractivity contribution in [1.29, 1.82) is 0 Å². The van der Waals surface area contributed by atoms with Crippen LogP contribution in [0.5, 0.6) is 46.0 Å². The molecule has 12 aromatic rings. The molecule has 0 unspecified atom stereocenters. The summed E-state index contributed by atoms with van der Waals surface area (Å²) in [5.41, 5.74) is 14.3. The molecule has 0 aliphatic carbocycles. The van der Waals surface area contributed by atoms with Crippen LogP contribution >= 0.6 is 0 Å². The highest BCUT2D eigenvalue weighted by Gasteiger charge is 2.43. The van der Waals surface area contributed by atoms with Crippen molar-refractivity contribution in [3.05, 3.63) is 182 Å². The zero-order chi connectivity index (χ0) is 42.1. The lowest BCUT2D eigenvalue weighted by Gasteiger charge is -2.34. The number of para-hydroxylation sites is 7. The number of ether oxygens (including phenoxy) is 4. The van der Waals surface area contributed by atoms with E-state index in [1.54, 1.807) is 0 Å². The van der Waals surface area contributed by atoms with Crippen LogP contribution in [0.15, 0.2) is 182 Å². The summed E-state index contributed by atoms with van der Waals surface area (Å²) in [7, 11) is 0. The van der Waals surface area contributed by atoms with Gasteiger partial charge in [-0.1, -0.05) is 103 Å². The van der Waals surface area contributed by atoms with E-state index in [0.717, 1.165) is 140 Å². The molecule has 8 nitrogen and oxygen atoms in total. The van der Waals surface area contributed by atoms with Crippen molar-refractivity contribution in [1.82, 2.24) is 18.5 Å². The highest BCUT2D eigenvalue weighted by molar-refractivity contribution is 6.99. The second-order valence-electron chi connectivity index (χ2n) is 17.3. The molecule has 0 atom stereocenters. The Bertz CT molecular complexity index is 4110. The molecule has 0 N–H and O–H groups in total. The van der Waals surface area contributed by atoms with Gasteiger partial charge in [-0.15, -0.1) is 0 Å². The maximum absolute atomic E-state index is 7.06. The van der Waals surface area contributed by atoms with Crippen LogP contribution in [0.3, 0.4) is 0 Å². The summed E-state index contributed by atoms with van der Waals surface area (Å²) < 4.78 is 34.3. The number of benzene rings is 9. The van der Waals surface area contributed by atoms with Gasteiger partial charge in [0.1, 0.15) is 51.5 Å². The lowest BCUT2D eigenvalue weighted by atomic mass is 9.35. The van der Waals surface area contributed by atoms with E-state index in [9.17, 15) is 0 Å². The van der Waals surface area contributed by atoms with Crippen LogP contribution in [0.25, 0.3) is 61.0 Å². The van der Waals surface area contributed by atoms with Crippen LogP contribution in [-0.2, 0) is 0 Å². The summed E-state index contributed by atoms with van der Waals surface area (Å²) in [5, 5.41) is 2.23. The van der Waals surface area contributed by atoms with Crippen molar-refractivity contribution < 1.29 is 18.9 Å². The predicted molar refractivity (Wildman–Crippen MR) is 259 cm³/mol. The SMILES string of the molecule is c1ccc2c(c1)Oc1ccc(-n3c4ccccc4c4ccc5c(nc6n(-c7ccc8c9c7Oc7ccccc7B9c7ccccc7O8)c7ccccc7n56)c43)c3c1B2c1ccccc1O3. The molecule has 3 aromatic heterocycles. The molecule has 10 heteroatoms. The van der Waals surface area contributed by atoms with E-state index in [1.807, 2.05) is 24.3 Å². The topological polar surface area (TPSA) is 64.1 Å². The number of imidazole rings is 2. The second-order valence-corrected chi connectivity index (χ2v) is 17.3. The van der Waals surface area contributed by atoms with Gasteiger partial charge < -0.3 is 23.5 Å². The van der Waals surface area contributed by atoms with Crippen molar-refractivity contribution >= 4 is 95.9 Å². The molecule has 9 aromatic carbocycles. The number of nitrogens with zero attached hydrogens (tertiary/aromatic N) is 4. The first kappa shape index (κ1) is 33.9. The Morgan fingerprint density at radius 1 is 0.354 bits per heavy atom. The first-order valence-corrected chi connectivity index (χ1v) is 22.0. The van der Waals surface area contributed by atoms with Gasteiger partial charge in [-0.2, -0.15) is 0 Å². The van der Waals surface area contributed by atoms with Crippen molar-refractivity contribution in [2.24, 2.45) is 0 Å². The van der Waals surface area contributed by atoms with Gasteiger partial charge in [0, 0.05) is 21.7 Å². The van der Waals surface area contributed by atoms with Gasteiger partial charge in [0.2, 0.25) is 5.78 Å². The normalized spacial score (nSPS) is 13.7. The van der Waals surface area contributed by atoms with Gasteiger partial charge >= 0.3 is 0 Å². The molecule has 0 spiro atoms. The Morgan fingerprint density at radius 3 is 1.42 bits per heavy atom. The quantitative estimate of drug-likeness (QED) is 0.163. The van der Waals surface area contributed by atoms with E-state index in [-0.39, 0.29) is 13.4 Å². The molecule has 0 saturated carbocycles. The Labute approximate surface area is 371 Å². The smallest absolute Gasteiger partial charge is 0.260 e. The molecule has 0 saturated heterocycles. The minimum absolute atomic E-state index is 0.0604. The van der Waals surface area contributed by atoms with Gasteiger partial charge in [-0.05, 0) is 101 Å². The molecule has 7 heterocycles. The summed E-state index contributed by atoms with van der Waals surface area (Å²) in [6, 6.07) is 63.6. The fraction of sp³-hybridized carbons (Fsp3) is 0. The molecule has 0 radical (unpaired) electrons. The number of fused-ring (bicyclic) bond motifs is 17. The molecule has 4 aliphatic rings. The molecular weight excluding hydrogens is 802 g/mol. The van der Waals surface area contributed by atoms with Crippen molar-refractivity contribution in [2.75, 3.05) is 0 Å². The van der Waals surface area contributed by atoms with E-state index < -0.39 is 0 Å². The summed E-state index contributed by atoms with van der Waals surface area (Å²) in [6.45, 7) is -0.123. The Balaban J connectivity index is 0.990. The fourth-order valence-electron chi connectivity index (χ4n) is 11.5. The Morgan fingerprint density at radius 2 is 0.831 bits per heavy atom. The average molecular weight is 832 g/mol. The Kier molecular flexibility index (Phi) is 6.31. The second kappa shape index (κ2) is 12.1. The molecule has 16 rings (SSSR count). The number of rotatable bonds is 2. The van der Waals surface area contributed by atoms with Crippen LogP contribution < -0.4 is 51.7 Å². The van der Waals surface area contributed by atoms with Crippen molar-refractivity contribution in [2.45, 2.75) is 0 Å². The third-order valence-electron chi connectivity index (χ3n) is 14.1. The van der Waals surface area contributed by atoms with Crippen LogP contribution in [0.1, 0.15) is 0 Å². The van der Waals surface area contributed by atoms with E-state index in [1.165, 1.54) is 0 Å². The minimum atomic E-state index is -0.0628. The maximum Gasteiger partial charge on any atom is 0.260 e. The monoisotopic (exact) mass is 832 g/mol. The van der Waals surface area contributed by atoms with Crippen LogP contribution in [0, 0.1) is 0 Å². The molecule has 0 bridgehead atoms. The van der Waals surface area contributed by atoms with Gasteiger partial charge in [0.05, 0.1) is 39.0 Å². The van der Waals surface area contributed by atoms with E-state index in [4.69, 9.17) is 23.9 Å². The number of hydrogen-bond acceptors (Lipinski definition) is 5. The predicted octanol–water partition coefficient (Wildman–Crippen LogP) is 8.98. The standard InChI is InChI=1S/C55H30B2N4O4/c1-6-18-37-31(13-1)32-25-26-40-51(52(32)59(37)41-27-29-47-49-53(41)64-45-23-11-4-16-35(45)56(49)33-14-2-9-21-43(33)62-47)58-55-60(40)38-19-7-8-20-39(38)61(55)42-28-30-48-50-54(42)65-46-24-12-5-17-36(46)57(50)34-15-3-10-22-44(34)63-48/h1-30H. The molecule has 4 aliphatic heterocycles. The molecule has 300 valence electrons. The number of hydrogen-bond donors (Lipinski definition) is 0. The summed E-state index contributed by atoms with van der Waals surface area (Å²) in [4.78, 5) is 5.73. The largest absolute Gasteiger partial charge is 0.458 e. The van der Waals surface area contributed by atoms with E-state index in [0.29, 0.717) is 0 Å². The third-order valence-corrected chi connectivity index (χ3v) is 14.1. The molecule has 0 amide bonds. The Hall–Kier alpha value is -8.62. The van der Waals surface area contributed by atoms with Crippen LogP contribution in [-0.4, -0.2) is 31.9 Å². The van der Waals surface area contributed by atoms with Gasteiger partial charge in [-0.3, -0.25) is 8.97 Å². The fourth-order valence-corrected chi connectivity index (χ4v) is 11.5. The lowest BCUT2D eigenvalue weighted by Crippen LogP contribution is -2.57. The number of aromatic nitrogens is 4. The summed E-state index contributed by atoms with van der Waals surface area (Å²) in [6.07, 6.45) is 0. The van der Waals surface area contributed by atoms with E-state index >= 15 is 0 Å². The highest BCUT2D eigenvalue weighted by Crippen LogP contribution is 2.45. The van der Waals surface area contributed by atoms with Gasteiger partial charge in [0.15, 0.2) is 0 Å². The lowest BCUT2D eigenvalue weighted by molar-refractivity contribution is 0.463. The highest BCUT2D eigenvalue weighted by atomic mass is 16.5. The first-order valence-electron chi connectivity index (χ1n) is 22.0. The van der Waals surface area contributed by atoms with Crippen LogP contribution in [0.4, 0.5) is 0 Å².